The summed E-state index contributed by atoms with van der Waals surface area (Å²) in [5.41, 5.74) is 15.7. The van der Waals surface area contributed by atoms with Gasteiger partial charge in [0.05, 0.1) is 5.00 Å². The molecule has 7 aromatic rings. The molecule has 2 N–H and O–H groups in total. The summed E-state index contributed by atoms with van der Waals surface area (Å²) >= 11 is 1.64. The average molecular weight is 559 g/mol. The van der Waals surface area contributed by atoms with Crippen molar-refractivity contribution >= 4 is 60.3 Å². The lowest BCUT2D eigenvalue weighted by molar-refractivity contribution is 1.29. The fraction of sp³-hybridized carbons (Fsp3) is 0.0256. The van der Waals surface area contributed by atoms with E-state index in [2.05, 4.69) is 157 Å². The Bertz CT molecular complexity index is 2040. The SMILES string of the molecule is C/C=C\c1c(N)sc2ccc(N(c3ccc(-c4ccccc4)cc3)c3ccc4ccc(-c5ccccc5)cc4c3)cc12. The molecule has 0 radical (unpaired) electrons. The minimum Gasteiger partial charge on any atom is -0.390 e. The zero-order chi connectivity index (χ0) is 28.5. The Hall–Kier alpha value is -5.12. The van der Waals surface area contributed by atoms with Gasteiger partial charge in [0.15, 0.2) is 0 Å². The molecule has 1 heterocycles. The molecule has 0 amide bonds. The molecule has 202 valence electrons. The maximum Gasteiger partial charge on any atom is 0.0942 e. The lowest BCUT2D eigenvalue weighted by Crippen LogP contribution is -2.09. The fourth-order valence-corrected chi connectivity index (χ4v) is 6.61. The van der Waals surface area contributed by atoms with Gasteiger partial charge in [-0.3, -0.25) is 0 Å². The second-order valence-electron chi connectivity index (χ2n) is 10.4. The molecule has 0 fully saturated rings. The van der Waals surface area contributed by atoms with Crippen LogP contribution in [0.1, 0.15) is 12.5 Å². The third-order valence-electron chi connectivity index (χ3n) is 7.75. The summed E-state index contributed by atoms with van der Waals surface area (Å²) in [5, 5.41) is 4.44. The molecule has 7 rings (SSSR count). The minimum atomic E-state index is 0.846. The van der Waals surface area contributed by atoms with Crippen LogP contribution in [0, 0.1) is 0 Å². The van der Waals surface area contributed by atoms with Gasteiger partial charge in [-0.15, -0.1) is 11.3 Å². The molecule has 0 bridgehead atoms. The fourth-order valence-electron chi connectivity index (χ4n) is 5.67. The molecular weight excluding hydrogens is 529 g/mol. The van der Waals surface area contributed by atoms with Crippen LogP contribution in [0.2, 0.25) is 0 Å². The summed E-state index contributed by atoms with van der Waals surface area (Å²) in [6.07, 6.45) is 4.16. The van der Waals surface area contributed by atoms with Gasteiger partial charge in [0, 0.05) is 32.7 Å². The van der Waals surface area contributed by atoms with Crippen LogP contribution in [0.3, 0.4) is 0 Å². The molecule has 0 aliphatic rings. The zero-order valence-corrected chi connectivity index (χ0v) is 24.2. The largest absolute Gasteiger partial charge is 0.390 e. The number of hydrogen-bond donors (Lipinski definition) is 1. The molecule has 0 aliphatic heterocycles. The molecule has 0 unspecified atom stereocenters. The van der Waals surface area contributed by atoms with Crippen LogP contribution in [-0.4, -0.2) is 0 Å². The van der Waals surface area contributed by atoms with Crippen LogP contribution >= 0.6 is 11.3 Å². The number of nitrogens with two attached hydrogens (primary N) is 1. The van der Waals surface area contributed by atoms with Crippen LogP contribution < -0.4 is 10.6 Å². The third-order valence-corrected chi connectivity index (χ3v) is 8.77. The topological polar surface area (TPSA) is 29.3 Å². The first-order valence-electron chi connectivity index (χ1n) is 14.2. The van der Waals surface area contributed by atoms with E-state index >= 15 is 0 Å². The first-order valence-corrected chi connectivity index (χ1v) is 15.0. The number of thiophene rings is 1. The van der Waals surface area contributed by atoms with E-state index in [1.54, 1.807) is 11.3 Å². The number of anilines is 4. The van der Waals surface area contributed by atoms with Crippen molar-refractivity contribution in [1.29, 1.82) is 0 Å². The number of benzene rings is 6. The second kappa shape index (κ2) is 11.0. The number of nitrogen functional groups attached to an aromatic ring is 1. The predicted molar refractivity (Wildman–Crippen MR) is 184 cm³/mol. The van der Waals surface area contributed by atoms with Crippen molar-refractivity contribution in [3.05, 3.63) is 151 Å². The van der Waals surface area contributed by atoms with E-state index in [1.165, 1.54) is 43.1 Å². The molecule has 0 atom stereocenters. The van der Waals surface area contributed by atoms with Crippen molar-refractivity contribution < 1.29 is 0 Å². The zero-order valence-electron chi connectivity index (χ0n) is 23.4. The number of rotatable bonds is 6. The lowest BCUT2D eigenvalue weighted by Gasteiger charge is -2.26. The summed E-state index contributed by atoms with van der Waals surface area (Å²) in [6, 6.07) is 50.0. The summed E-state index contributed by atoms with van der Waals surface area (Å²) in [5.74, 6) is 0. The first kappa shape index (κ1) is 25.8. The van der Waals surface area contributed by atoms with Crippen molar-refractivity contribution in [2.75, 3.05) is 10.6 Å². The molecule has 42 heavy (non-hydrogen) atoms. The van der Waals surface area contributed by atoms with E-state index in [9.17, 15) is 0 Å². The summed E-state index contributed by atoms with van der Waals surface area (Å²) < 4.78 is 1.19. The van der Waals surface area contributed by atoms with E-state index in [0.717, 1.165) is 27.6 Å². The Labute approximate surface area is 250 Å². The number of fused-ring (bicyclic) bond motifs is 2. The van der Waals surface area contributed by atoms with E-state index < -0.39 is 0 Å². The van der Waals surface area contributed by atoms with Gasteiger partial charge < -0.3 is 10.6 Å². The van der Waals surface area contributed by atoms with E-state index in [0.29, 0.717) is 0 Å². The van der Waals surface area contributed by atoms with Crippen molar-refractivity contribution in [3.8, 4) is 22.3 Å². The number of allylic oxidation sites excluding steroid dienone is 1. The van der Waals surface area contributed by atoms with E-state index in [-0.39, 0.29) is 0 Å². The van der Waals surface area contributed by atoms with Gasteiger partial charge in [0.2, 0.25) is 0 Å². The van der Waals surface area contributed by atoms with Gasteiger partial charge in [-0.05, 0) is 88.5 Å². The van der Waals surface area contributed by atoms with Crippen molar-refractivity contribution in [3.63, 3.8) is 0 Å². The Morgan fingerprint density at radius 1 is 0.548 bits per heavy atom. The molecule has 0 aliphatic carbocycles. The molecular formula is C39H30N2S. The highest BCUT2D eigenvalue weighted by Gasteiger charge is 2.16. The highest BCUT2D eigenvalue weighted by Crippen LogP contribution is 2.42. The second-order valence-corrected chi connectivity index (χ2v) is 11.5. The summed E-state index contributed by atoms with van der Waals surface area (Å²) in [7, 11) is 0. The van der Waals surface area contributed by atoms with Gasteiger partial charge in [-0.1, -0.05) is 103 Å². The van der Waals surface area contributed by atoms with Gasteiger partial charge in [-0.25, -0.2) is 0 Å². The normalized spacial score (nSPS) is 11.5. The summed E-state index contributed by atoms with van der Waals surface area (Å²) in [4.78, 5) is 2.34. The van der Waals surface area contributed by atoms with Gasteiger partial charge in [0.1, 0.15) is 0 Å². The smallest absolute Gasteiger partial charge is 0.0942 e. The monoisotopic (exact) mass is 558 g/mol. The van der Waals surface area contributed by atoms with Gasteiger partial charge >= 0.3 is 0 Å². The maximum absolute atomic E-state index is 6.44. The van der Waals surface area contributed by atoms with Crippen LogP contribution in [0.15, 0.2) is 146 Å². The quantitative estimate of drug-likeness (QED) is 0.220. The molecule has 2 nitrogen and oxygen atoms in total. The van der Waals surface area contributed by atoms with Crippen molar-refractivity contribution in [1.82, 2.24) is 0 Å². The third kappa shape index (κ3) is 4.85. The molecule has 3 heteroatoms. The molecule has 6 aromatic carbocycles. The van der Waals surface area contributed by atoms with Gasteiger partial charge in [0.25, 0.3) is 0 Å². The standard InChI is InChI=1S/C39H30N2S/c1-2-9-36-37-26-35(22-23-38(37)42-39(36)40)41(33-19-16-29(17-20-33)27-10-5-3-6-11-27)34-21-18-30-14-15-31(24-32(30)25-34)28-12-7-4-8-13-28/h2-26H,40H2,1H3/b9-2-. The van der Waals surface area contributed by atoms with Crippen molar-refractivity contribution in [2.45, 2.75) is 6.92 Å². The predicted octanol–water partition coefficient (Wildman–Crippen LogP) is 11.5. The molecule has 0 saturated heterocycles. The maximum atomic E-state index is 6.44. The minimum absolute atomic E-state index is 0.846. The van der Waals surface area contributed by atoms with Crippen LogP contribution in [-0.2, 0) is 0 Å². The highest BCUT2D eigenvalue weighted by atomic mass is 32.1. The van der Waals surface area contributed by atoms with Gasteiger partial charge in [-0.2, -0.15) is 0 Å². The van der Waals surface area contributed by atoms with E-state index in [1.807, 2.05) is 6.92 Å². The molecule has 0 spiro atoms. The Kier molecular flexibility index (Phi) is 6.79. The highest BCUT2D eigenvalue weighted by molar-refractivity contribution is 7.23. The molecule has 0 saturated carbocycles. The lowest BCUT2D eigenvalue weighted by atomic mass is 10.0. The average Bonchev–Trinajstić information content (AvgIpc) is 3.36. The Morgan fingerprint density at radius 3 is 1.83 bits per heavy atom. The van der Waals surface area contributed by atoms with Crippen LogP contribution in [0.25, 0.3) is 49.2 Å². The van der Waals surface area contributed by atoms with Crippen LogP contribution in [0.4, 0.5) is 22.1 Å². The van der Waals surface area contributed by atoms with Crippen molar-refractivity contribution in [2.24, 2.45) is 0 Å². The molecule has 1 aromatic heterocycles. The first-order chi connectivity index (χ1) is 20.7. The number of hydrogen-bond acceptors (Lipinski definition) is 3. The number of nitrogens with zero attached hydrogens (tertiary/aromatic N) is 1. The summed E-state index contributed by atoms with van der Waals surface area (Å²) in [6.45, 7) is 2.03. The van der Waals surface area contributed by atoms with Crippen LogP contribution in [0.5, 0.6) is 0 Å². The Balaban J connectivity index is 1.39. The Morgan fingerprint density at radius 2 is 1.12 bits per heavy atom. The van der Waals surface area contributed by atoms with E-state index in [4.69, 9.17) is 5.73 Å².